The number of ketones is 1. The van der Waals surface area contributed by atoms with E-state index in [1.165, 1.54) is 0 Å². The van der Waals surface area contributed by atoms with Crippen LogP contribution in [0.5, 0.6) is 11.5 Å². The number of aliphatic hydroxyl groups is 1. The van der Waals surface area contributed by atoms with Crippen LogP contribution in [0.4, 0.5) is 0 Å². The van der Waals surface area contributed by atoms with Crippen molar-refractivity contribution in [1.82, 2.24) is 4.90 Å². The van der Waals surface area contributed by atoms with Gasteiger partial charge in [0.15, 0.2) is 11.5 Å². The van der Waals surface area contributed by atoms with Gasteiger partial charge < -0.3 is 19.5 Å². The molecule has 0 aromatic heterocycles. The third-order valence-electron chi connectivity index (χ3n) is 6.38. The van der Waals surface area contributed by atoms with Crippen LogP contribution in [0.15, 0.2) is 54.1 Å². The summed E-state index contributed by atoms with van der Waals surface area (Å²) < 4.78 is 11.2. The molecule has 0 spiro atoms. The Morgan fingerprint density at radius 2 is 1.61 bits per heavy atom. The second-order valence-electron chi connectivity index (χ2n) is 8.27. The van der Waals surface area contributed by atoms with Gasteiger partial charge in [-0.3, -0.25) is 9.59 Å². The van der Waals surface area contributed by atoms with Gasteiger partial charge in [0.1, 0.15) is 19.0 Å². The molecular weight excluding hydrogens is 394 g/mol. The minimum atomic E-state index is -0.633. The molecule has 2 aromatic rings. The maximum Gasteiger partial charge on any atom is 0.295 e. The van der Waals surface area contributed by atoms with E-state index in [0.29, 0.717) is 30.3 Å². The number of ether oxygens (including phenoxy) is 2. The topological polar surface area (TPSA) is 76.1 Å². The second-order valence-corrected chi connectivity index (χ2v) is 8.27. The van der Waals surface area contributed by atoms with Gasteiger partial charge in [-0.15, -0.1) is 0 Å². The molecule has 1 atom stereocenters. The lowest BCUT2D eigenvalue weighted by molar-refractivity contribution is -0.141. The van der Waals surface area contributed by atoms with E-state index in [1.54, 1.807) is 23.1 Å². The lowest BCUT2D eigenvalue weighted by atomic mass is 9.91. The summed E-state index contributed by atoms with van der Waals surface area (Å²) in [6.45, 7) is 0.895. The highest BCUT2D eigenvalue weighted by atomic mass is 16.6. The van der Waals surface area contributed by atoms with E-state index >= 15 is 0 Å². The molecule has 31 heavy (non-hydrogen) atoms. The normalized spacial score (nSPS) is 23.2. The zero-order valence-electron chi connectivity index (χ0n) is 17.3. The quantitative estimate of drug-likeness (QED) is 0.458. The van der Waals surface area contributed by atoms with Gasteiger partial charge in [0.2, 0.25) is 0 Å². The minimum Gasteiger partial charge on any atom is -0.507 e. The van der Waals surface area contributed by atoms with E-state index in [4.69, 9.17) is 9.47 Å². The first-order chi connectivity index (χ1) is 15.1. The molecule has 1 unspecified atom stereocenters. The fraction of sp³-hybridized carbons (Fsp3) is 0.360. The standard InChI is InChI=1S/C25H25NO5/c27-23(17-11-12-19-20(15-17)31-14-13-30-19)21-22(16-7-3-1-4-8-16)26(25(29)24(21)28)18-9-5-2-6-10-18/h1,3-4,7-8,11-12,15,18,22,27H,2,5-6,9-10,13-14H2/b23-21-. The van der Waals surface area contributed by atoms with Crippen molar-refractivity contribution in [2.45, 2.75) is 44.2 Å². The molecule has 2 fully saturated rings. The van der Waals surface area contributed by atoms with Gasteiger partial charge in [-0.2, -0.15) is 0 Å². The van der Waals surface area contributed by atoms with Crippen LogP contribution in [0.25, 0.3) is 5.76 Å². The van der Waals surface area contributed by atoms with E-state index < -0.39 is 17.7 Å². The fourth-order valence-electron chi connectivity index (χ4n) is 4.89. The van der Waals surface area contributed by atoms with E-state index in [2.05, 4.69) is 0 Å². The van der Waals surface area contributed by atoms with Crippen LogP contribution in [-0.4, -0.2) is 41.0 Å². The molecule has 6 nitrogen and oxygen atoms in total. The van der Waals surface area contributed by atoms with Crippen molar-refractivity contribution < 1.29 is 24.2 Å². The van der Waals surface area contributed by atoms with Crippen LogP contribution in [0.1, 0.15) is 49.3 Å². The number of likely N-dealkylation sites (tertiary alicyclic amines) is 1. The molecule has 1 aliphatic carbocycles. The number of nitrogens with zero attached hydrogens (tertiary/aromatic N) is 1. The number of benzene rings is 2. The zero-order chi connectivity index (χ0) is 21.4. The molecule has 0 radical (unpaired) electrons. The van der Waals surface area contributed by atoms with Crippen LogP contribution in [0.3, 0.4) is 0 Å². The van der Waals surface area contributed by atoms with E-state index in [-0.39, 0.29) is 17.4 Å². The smallest absolute Gasteiger partial charge is 0.295 e. The van der Waals surface area contributed by atoms with Gasteiger partial charge in [0.05, 0.1) is 11.6 Å². The highest BCUT2D eigenvalue weighted by Gasteiger charge is 2.48. The molecule has 2 aliphatic heterocycles. The first-order valence-electron chi connectivity index (χ1n) is 10.9. The minimum absolute atomic E-state index is 0.000900. The molecule has 2 heterocycles. The highest BCUT2D eigenvalue weighted by Crippen LogP contribution is 2.43. The summed E-state index contributed by atoms with van der Waals surface area (Å²) in [6.07, 6.45) is 4.98. The predicted octanol–water partition coefficient (Wildman–Crippen LogP) is 4.21. The van der Waals surface area contributed by atoms with Gasteiger partial charge >= 0.3 is 0 Å². The van der Waals surface area contributed by atoms with Crippen LogP contribution < -0.4 is 9.47 Å². The van der Waals surface area contributed by atoms with Gasteiger partial charge in [-0.05, 0) is 36.6 Å². The molecule has 1 saturated heterocycles. The molecule has 2 aromatic carbocycles. The maximum absolute atomic E-state index is 13.2. The maximum atomic E-state index is 13.2. The Kier molecular flexibility index (Phi) is 5.14. The van der Waals surface area contributed by atoms with Crippen molar-refractivity contribution in [1.29, 1.82) is 0 Å². The summed E-state index contributed by atoms with van der Waals surface area (Å²) in [6, 6.07) is 14.0. The van der Waals surface area contributed by atoms with Crippen LogP contribution in [-0.2, 0) is 9.59 Å². The number of hydrogen-bond acceptors (Lipinski definition) is 5. The van der Waals surface area contributed by atoms with Gasteiger partial charge in [0, 0.05) is 11.6 Å². The number of rotatable bonds is 3. The molecule has 3 aliphatic rings. The Bertz CT molecular complexity index is 1040. The molecule has 0 bridgehead atoms. The van der Waals surface area contributed by atoms with Crippen LogP contribution in [0.2, 0.25) is 0 Å². The molecule has 1 N–H and O–H groups in total. The number of carbonyl (C=O) groups excluding carboxylic acids is 2. The Hall–Kier alpha value is -3.28. The number of Topliss-reactive ketones (excluding diaryl/α,β-unsaturated/α-hetero) is 1. The van der Waals surface area contributed by atoms with E-state index in [0.717, 1.165) is 37.7 Å². The summed E-state index contributed by atoms with van der Waals surface area (Å²) in [4.78, 5) is 28.0. The first-order valence-corrected chi connectivity index (χ1v) is 10.9. The van der Waals surface area contributed by atoms with Gasteiger partial charge in [0.25, 0.3) is 11.7 Å². The van der Waals surface area contributed by atoms with Crippen molar-refractivity contribution in [3.63, 3.8) is 0 Å². The summed E-state index contributed by atoms with van der Waals surface area (Å²) in [5.41, 5.74) is 1.40. The molecule has 1 saturated carbocycles. The van der Waals surface area contributed by atoms with Crippen molar-refractivity contribution in [2.24, 2.45) is 0 Å². The number of amides is 1. The highest BCUT2D eigenvalue weighted by molar-refractivity contribution is 6.46. The largest absolute Gasteiger partial charge is 0.507 e. The lowest BCUT2D eigenvalue weighted by Gasteiger charge is -2.35. The summed E-state index contributed by atoms with van der Waals surface area (Å²) in [7, 11) is 0. The second kappa shape index (κ2) is 8.10. The predicted molar refractivity (Wildman–Crippen MR) is 115 cm³/mol. The Morgan fingerprint density at radius 1 is 0.903 bits per heavy atom. The van der Waals surface area contributed by atoms with Crippen LogP contribution in [0, 0.1) is 0 Å². The number of hydrogen-bond donors (Lipinski definition) is 1. The Morgan fingerprint density at radius 3 is 2.35 bits per heavy atom. The van der Waals surface area contributed by atoms with Crippen LogP contribution >= 0.6 is 0 Å². The third-order valence-corrected chi connectivity index (χ3v) is 6.38. The molecule has 6 heteroatoms. The lowest BCUT2D eigenvalue weighted by Crippen LogP contribution is -2.40. The summed E-state index contributed by atoms with van der Waals surface area (Å²) >= 11 is 0. The molecule has 1 amide bonds. The van der Waals surface area contributed by atoms with Gasteiger partial charge in [-0.1, -0.05) is 49.6 Å². The van der Waals surface area contributed by atoms with Crippen molar-refractivity contribution in [2.75, 3.05) is 13.2 Å². The molecular formula is C25H25NO5. The fourth-order valence-corrected chi connectivity index (χ4v) is 4.89. The van der Waals surface area contributed by atoms with E-state index in [1.807, 2.05) is 30.3 Å². The van der Waals surface area contributed by atoms with E-state index in [9.17, 15) is 14.7 Å². The average molecular weight is 419 g/mol. The average Bonchev–Trinajstić information content (AvgIpc) is 3.10. The summed E-state index contributed by atoms with van der Waals surface area (Å²) in [5, 5.41) is 11.2. The Labute approximate surface area is 181 Å². The van der Waals surface area contributed by atoms with Gasteiger partial charge in [-0.25, -0.2) is 0 Å². The van der Waals surface area contributed by atoms with Crippen molar-refractivity contribution >= 4 is 17.4 Å². The number of fused-ring (bicyclic) bond motifs is 1. The SMILES string of the molecule is O=C1C(=O)N(C2CCCCC2)C(c2ccccc2)/C1=C(/O)c1ccc2c(c1)OCCO2. The van der Waals surface area contributed by atoms with Crippen molar-refractivity contribution in [3.8, 4) is 11.5 Å². The monoisotopic (exact) mass is 419 g/mol. The first kappa shape index (κ1) is 19.7. The summed E-state index contributed by atoms with van der Waals surface area (Å²) in [5.74, 6) is -0.215. The third kappa shape index (κ3) is 3.46. The zero-order valence-corrected chi connectivity index (χ0v) is 17.3. The number of carbonyl (C=O) groups is 2. The Balaban J connectivity index is 1.63. The molecule has 160 valence electrons. The molecule has 5 rings (SSSR count). The van der Waals surface area contributed by atoms with Crippen molar-refractivity contribution in [3.05, 3.63) is 65.2 Å². The number of aliphatic hydroxyl groups excluding tert-OH is 1.